The highest BCUT2D eigenvalue weighted by molar-refractivity contribution is 6.27. The van der Waals surface area contributed by atoms with Gasteiger partial charge < -0.3 is 11.5 Å². The number of nitrogens with one attached hydrogen (secondary N) is 1. The number of hydrogen-bond donors (Lipinski definition) is 3. The molecule has 0 aliphatic carbocycles. The molecule has 0 radical (unpaired) electrons. The Morgan fingerprint density at radius 3 is 1.61 bits per heavy atom. The number of benzene rings is 2. The molecule has 2 aromatic rings. The second-order valence-electron chi connectivity index (χ2n) is 3.93. The highest BCUT2D eigenvalue weighted by Gasteiger charge is 2.11. The second-order valence-corrected chi connectivity index (χ2v) is 3.93. The molecule has 0 aliphatic heterocycles. The summed E-state index contributed by atoms with van der Waals surface area (Å²) in [5, 5.41) is 7.71. The van der Waals surface area contributed by atoms with Crippen LogP contribution in [-0.2, 0) is 0 Å². The standard InChI is InChI=1S/C15H15N3/c16-14(12-9-5-2-6-10-12)13(15(17)18)11-7-3-1-4-8-11/h1-10H,16H2,(H3,17,18). The van der Waals surface area contributed by atoms with Crippen molar-refractivity contribution >= 4 is 17.1 Å². The molecule has 2 rings (SSSR count). The van der Waals surface area contributed by atoms with Crippen molar-refractivity contribution in [3.05, 3.63) is 71.8 Å². The molecule has 5 N–H and O–H groups in total. The van der Waals surface area contributed by atoms with E-state index in [-0.39, 0.29) is 5.84 Å². The first kappa shape index (κ1) is 11.9. The fraction of sp³-hybridized carbons (Fsp3) is 0. The van der Waals surface area contributed by atoms with Crippen molar-refractivity contribution in [2.24, 2.45) is 11.5 Å². The van der Waals surface area contributed by atoms with Gasteiger partial charge in [0.25, 0.3) is 0 Å². The van der Waals surface area contributed by atoms with Crippen LogP contribution in [0.3, 0.4) is 0 Å². The van der Waals surface area contributed by atoms with Crippen LogP contribution in [0.5, 0.6) is 0 Å². The average molecular weight is 237 g/mol. The first-order valence-electron chi connectivity index (χ1n) is 5.65. The molecule has 18 heavy (non-hydrogen) atoms. The van der Waals surface area contributed by atoms with Crippen molar-refractivity contribution in [3.8, 4) is 0 Å². The van der Waals surface area contributed by atoms with Crippen LogP contribution < -0.4 is 11.5 Å². The molecule has 0 spiro atoms. The number of nitrogens with two attached hydrogens (primary N) is 2. The summed E-state index contributed by atoms with van der Waals surface area (Å²) >= 11 is 0. The average Bonchev–Trinajstić information content (AvgIpc) is 2.40. The maximum atomic E-state index is 7.71. The van der Waals surface area contributed by atoms with Crippen molar-refractivity contribution in [1.82, 2.24) is 0 Å². The molecule has 0 amide bonds. The Balaban J connectivity index is 2.58. The van der Waals surface area contributed by atoms with E-state index >= 15 is 0 Å². The lowest BCUT2D eigenvalue weighted by molar-refractivity contribution is 1.44. The first-order valence-corrected chi connectivity index (χ1v) is 5.65. The molecular formula is C15H15N3. The summed E-state index contributed by atoms with van der Waals surface area (Å²) in [5.74, 6) is -0.0254. The quantitative estimate of drug-likeness (QED) is 0.435. The number of amidine groups is 1. The van der Waals surface area contributed by atoms with Gasteiger partial charge in [-0.15, -0.1) is 0 Å². The van der Waals surface area contributed by atoms with Crippen LogP contribution in [0.2, 0.25) is 0 Å². The van der Waals surface area contributed by atoms with Gasteiger partial charge in [-0.25, -0.2) is 0 Å². The van der Waals surface area contributed by atoms with Crippen molar-refractivity contribution in [3.63, 3.8) is 0 Å². The van der Waals surface area contributed by atoms with Crippen LogP contribution in [0, 0.1) is 5.41 Å². The van der Waals surface area contributed by atoms with E-state index in [1.54, 1.807) is 0 Å². The summed E-state index contributed by atoms with van der Waals surface area (Å²) < 4.78 is 0. The Hall–Kier alpha value is -2.55. The van der Waals surface area contributed by atoms with Gasteiger partial charge in [-0.1, -0.05) is 60.7 Å². The lowest BCUT2D eigenvalue weighted by Gasteiger charge is -2.11. The Kier molecular flexibility index (Phi) is 3.44. The topological polar surface area (TPSA) is 75.9 Å². The predicted octanol–water partition coefficient (Wildman–Crippen LogP) is 2.45. The van der Waals surface area contributed by atoms with Crippen LogP contribution in [0.4, 0.5) is 0 Å². The molecule has 0 unspecified atom stereocenters. The number of hydrogen-bond acceptors (Lipinski definition) is 2. The lowest BCUT2D eigenvalue weighted by atomic mass is 9.99. The predicted molar refractivity (Wildman–Crippen MR) is 75.8 cm³/mol. The Morgan fingerprint density at radius 1 is 0.722 bits per heavy atom. The smallest absolute Gasteiger partial charge is 0.125 e. The van der Waals surface area contributed by atoms with Crippen LogP contribution >= 0.6 is 0 Å². The van der Waals surface area contributed by atoms with E-state index in [0.717, 1.165) is 11.1 Å². The van der Waals surface area contributed by atoms with E-state index in [1.807, 2.05) is 60.7 Å². The summed E-state index contributed by atoms with van der Waals surface area (Å²) in [4.78, 5) is 0. The molecule has 0 aliphatic rings. The SMILES string of the molecule is N=C(N)C(=C(N)c1ccccc1)c1ccccc1. The highest BCUT2D eigenvalue weighted by atomic mass is 14.7. The van der Waals surface area contributed by atoms with Gasteiger partial charge >= 0.3 is 0 Å². The van der Waals surface area contributed by atoms with Crippen LogP contribution in [0.15, 0.2) is 60.7 Å². The van der Waals surface area contributed by atoms with E-state index < -0.39 is 0 Å². The van der Waals surface area contributed by atoms with E-state index in [1.165, 1.54) is 0 Å². The minimum Gasteiger partial charge on any atom is -0.398 e. The largest absolute Gasteiger partial charge is 0.398 e. The summed E-state index contributed by atoms with van der Waals surface area (Å²) in [5.41, 5.74) is 14.6. The molecule has 0 aromatic heterocycles. The Labute approximate surface area is 106 Å². The monoisotopic (exact) mass is 237 g/mol. The fourth-order valence-corrected chi connectivity index (χ4v) is 1.82. The first-order chi connectivity index (χ1) is 8.70. The maximum Gasteiger partial charge on any atom is 0.125 e. The zero-order valence-corrected chi connectivity index (χ0v) is 9.93. The third-order valence-corrected chi connectivity index (χ3v) is 2.69. The fourth-order valence-electron chi connectivity index (χ4n) is 1.82. The third-order valence-electron chi connectivity index (χ3n) is 2.69. The molecule has 0 heterocycles. The van der Waals surface area contributed by atoms with Crippen molar-refractivity contribution < 1.29 is 0 Å². The van der Waals surface area contributed by atoms with E-state index in [0.29, 0.717) is 11.3 Å². The van der Waals surface area contributed by atoms with Gasteiger partial charge in [0, 0.05) is 5.57 Å². The summed E-state index contributed by atoms with van der Waals surface area (Å²) in [6.07, 6.45) is 0. The van der Waals surface area contributed by atoms with Gasteiger partial charge in [0.15, 0.2) is 0 Å². The zero-order chi connectivity index (χ0) is 13.0. The molecule has 90 valence electrons. The second kappa shape index (κ2) is 5.19. The van der Waals surface area contributed by atoms with Gasteiger partial charge in [-0.3, -0.25) is 5.41 Å². The zero-order valence-electron chi connectivity index (χ0n) is 9.93. The molecular weight excluding hydrogens is 222 g/mol. The molecule has 2 aromatic carbocycles. The van der Waals surface area contributed by atoms with Crippen LogP contribution in [-0.4, -0.2) is 5.84 Å². The molecule has 0 saturated carbocycles. The summed E-state index contributed by atoms with van der Waals surface area (Å²) in [6, 6.07) is 19.1. The van der Waals surface area contributed by atoms with Crippen molar-refractivity contribution in [1.29, 1.82) is 5.41 Å². The maximum absolute atomic E-state index is 7.71. The van der Waals surface area contributed by atoms with Crippen molar-refractivity contribution in [2.75, 3.05) is 0 Å². The molecule has 0 bridgehead atoms. The van der Waals surface area contributed by atoms with Gasteiger partial charge in [-0.2, -0.15) is 0 Å². The molecule has 0 atom stereocenters. The van der Waals surface area contributed by atoms with Gasteiger partial charge in [0.1, 0.15) is 5.84 Å². The highest BCUT2D eigenvalue weighted by Crippen LogP contribution is 2.22. The summed E-state index contributed by atoms with van der Waals surface area (Å²) in [6.45, 7) is 0. The van der Waals surface area contributed by atoms with E-state index in [2.05, 4.69) is 0 Å². The molecule has 0 saturated heterocycles. The van der Waals surface area contributed by atoms with E-state index in [4.69, 9.17) is 16.9 Å². The van der Waals surface area contributed by atoms with Gasteiger partial charge in [-0.05, 0) is 11.1 Å². The van der Waals surface area contributed by atoms with E-state index in [9.17, 15) is 0 Å². The Bertz CT molecular complexity index is 571. The number of rotatable bonds is 3. The van der Waals surface area contributed by atoms with Crippen LogP contribution in [0.1, 0.15) is 11.1 Å². The van der Waals surface area contributed by atoms with Gasteiger partial charge in [0.05, 0.1) is 5.70 Å². The summed E-state index contributed by atoms with van der Waals surface area (Å²) in [7, 11) is 0. The normalized spacial score (nSPS) is 11.8. The Morgan fingerprint density at radius 2 is 1.17 bits per heavy atom. The minimum atomic E-state index is -0.0254. The lowest BCUT2D eigenvalue weighted by Crippen LogP contribution is -2.16. The molecule has 3 heteroatoms. The third kappa shape index (κ3) is 2.40. The van der Waals surface area contributed by atoms with Crippen molar-refractivity contribution in [2.45, 2.75) is 0 Å². The van der Waals surface area contributed by atoms with Gasteiger partial charge in [0.2, 0.25) is 0 Å². The van der Waals surface area contributed by atoms with Crippen LogP contribution in [0.25, 0.3) is 11.3 Å². The minimum absolute atomic E-state index is 0.0254. The molecule has 3 nitrogen and oxygen atoms in total. The molecule has 0 fully saturated rings.